The predicted octanol–water partition coefficient (Wildman–Crippen LogP) is 1.23. The van der Waals surface area contributed by atoms with Crippen molar-refractivity contribution >= 4 is 5.97 Å². The SMILES string of the molecule is NCC1Cc2occc2-c2onc(C(=O)O)c21. The molecule has 6 nitrogen and oxygen atoms in total. The Balaban J connectivity index is 2.24. The van der Waals surface area contributed by atoms with Gasteiger partial charge in [0.05, 0.1) is 11.8 Å². The Kier molecular flexibility index (Phi) is 2.05. The molecule has 0 bridgehead atoms. The summed E-state index contributed by atoms with van der Waals surface area (Å²) in [6.07, 6.45) is 2.13. The first-order valence-corrected chi connectivity index (χ1v) is 5.22. The summed E-state index contributed by atoms with van der Waals surface area (Å²) in [5.41, 5.74) is 6.96. The topological polar surface area (TPSA) is 102 Å². The van der Waals surface area contributed by atoms with E-state index in [4.69, 9.17) is 19.8 Å². The maximum absolute atomic E-state index is 11.1. The van der Waals surface area contributed by atoms with Gasteiger partial charge in [-0.2, -0.15) is 0 Å². The normalized spacial score (nSPS) is 17.6. The number of fused-ring (bicyclic) bond motifs is 3. The maximum Gasteiger partial charge on any atom is 0.358 e. The van der Waals surface area contributed by atoms with Crippen LogP contribution in [0.1, 0.15) is 27.7 Å². The van der Waals surface area contributed by atoms with Crippen LogP contribution in [0, 0.1) is 0 Å². The van der Waals surface area contributed by atoms with Crippen LogP contribution < -0.4 is 5.73 Å². The Morgan fingerprint density at radius 3 is 3.18 bits per heavy atom. The number of aromatic nitrogens is 1. The molecule has 3 N–H and O–H groups in total. The lowest BCUT2D eigenvalue weighted by Gasteiger charge is -2.18. The third-order valence-electron chi connectivity index (χ3n) is 3.05. The number of nitrogens with zero attached hydrogens (tertiary/aromatic N) is 1. The molecule has 0 amide bonds. The fraction of sp³-hybridized carbons (Fsp3) is 0.273. The minimum Gasteiger partial charge on any atom is -0.476 e. The first-order chi connectivity index (χ1) is 8.22. The molecule has 1 aliphatic rings. The summed E-state index contributed by atoms with van der Waals surface area (Å²) in [5.74, 6) is 0.00952. The van der Waals surface area contributed by atoms with Crippen LogP contribution in [0.5, 0.6) is 0 Å². The molecule has 2 heterocycles. The van der Waals surface area contributed by atoms with E-state index in [1.54, 1.807) is 12.3 Å². The second-order valence-electron chi connectivity index (χ2n) is 3.97. The van der Waals surface area contributed by atoms with Crippen molar-refractivity contribution in [3.05, 3.63) is 29.3 Å². The van der Waals surface area contributed by atoms with Crippen molar-refractivity contribution in [2.45, 2.75) is 12.3 Å². The molecule has 17 heavy (non-hydrogen) atoms. The number of carboxylic acid groups (broad SMARTS) is 1. The van der Waals surface area contributed by atoms with E-state index in [0.717, 1.165) is 11.3 Å². The zero-order valence-corrected chi connectivity index (χ0v) is 8.84. The highest BCUT2D eigenvalue weighted by atomic mass is 16.5. The molecule has 1 unspecified atom stereocenters. The van der Waals surface area contributed by atoms with Crippen LogP contribution in [0.15, 0.2) is 21.3 Å². The quantitative estimate of drug-likeness (QED) is 0.810. The van der Waals surface area contributed by atoms with Gasteiger partial charge in [-0.1, -0.05) is 5.16 Å². The van der Waals surface area contributed by atoms with E-state index in [1.165, 1.54) is 0 Å². The Hall–Kier alpha value is -2.08. The Bertz CT molecular complexity index is 584. The number of rotatable bonds is 2. The molecular weight excluding hydrogens is 224 g/mol. The number of carbonyl (C=O) groups is 1. The monoisotopic (exact) mass is 234 g/mol. The molecule has 0 fully saturated rings. The highest BCUT2D eigenvalue weighted by molar-refractivity contribution is 5.90. The van der Waals surface area contributed by atoms with Gasteiger partial charge in [0, 0.05) is 17.9 Å². The molecule has 0 saturated heterocycles. The number of furan rings is 1. The molecule has 3 rings (SSSR count). The van der Waals surface area contributed by atoms with E-state index in [1.807, 2.05) is 0 Å². The molecule has 1 atom stereocenters. The number of carboxylic acids is 1. The summed E-state index contributed by atoms with van der Waals surface area (Å²) in [6, 6.07) is 1.75. The van der Waals surface area contributed by atoms with Gasteiger partial charge in [0.15, 0.2) is 11.5 Å². The maximum atomic E-state index is 11.1. The molecule has 0 saturated carbocycles. The lowest BCUT2D eigenvalue weighted by molar-refractivity contribution is 0.0684. The van der Waals surface area contributed by atoms with Gasteiger partial charge < -0.3 is 19.8 Å². The first kappa shape index (κ1) is 10.1. The Labute approximate surface area is 96.0 Å². The molecular formula is C11H10N2O4. The van der Waals surface area contributed by atoms with Crippen LogP contribution in [0.2, 0.25) is 0 Å². The molecule has 6 heteroatoms. The average molecular weight is 234 g/mol. The number of aromatic carboxylic acids is 1. The molecule has 88 valence electrons. The summed E-state index contributed by atoms with van der Waals surface area (Å²) in [5, 5.41) is 12.7. The number of hydrogen-bond acceptors (Lipinski definition) is 5. The van der Waals surface area contributed by atoms with Gasteiger partial charge in [0.1, 0.15) is 5.76 Å². The van der Waals surface area contributed by atoms with Crippen molar-refractivity contribution in [3.8, 4) is 11.3 Å². The zero-order chi connectivity index (χ0) is 12.0. The predicted molar refractivity (Wildman–Crippen MR) is 56.7 cm³/mol. The van der Waals surface area contributed by atoms with Gasteiger partial charge in [-0.15, -0.1) is 0 Å². The van der Waals surface area contributed by atoms with E-state index >= 15 is 0 Å². The summed E-state index contributed by atoms with van der Waals surface area (Å²) in [6.45, 7) is 0.328. The van der Waals surface area contributed by atoms with Crippen LogP contribution in [0.25, 0.3) is 11.3 Å². The van der Waals surface area contributed by atoms with Crippen molar-refractivity contribution in [2.75, 3.05) is 6.54 Å². The van der Waals surface area contributed by atoms with Crippen molar-refractivity contribution in [3.63, 3.8) is 0 Å². The summed E-state index contributed by atoms with van der Waals surface area (Å²) >= 11 is 0. The first-order valence-electron chi connectivity index (χ1n) is 5.22. The van der Waals surface area contributed by atoms with Gasteiger partial charge >= 0.3 is 5.97 Å². The summed E-state index contributed by atoms with van der Waals surface area (Å²) < 4.78 is 10.4. The fourth-order valence-corrected chi connectivity index (χ4v) is 2.25. The van der Waals surface area contributed by atoms with Crippen LogP contribution >= 0.6 is 0 Å². The lowest BCUT2D eigenvalue weighted by Crippen LogP contribution is -2.20. The fourth-order valence-electron chi connectivity index (χ4n) is 2.25. The zero-order valence-electron chi connectivity index (χ0n) is 8.84. The van der Waals surface area contributed by atoms with Gasteiger partial charge in [0.2, 0.25) is 0 Å². The molecule has 0 aliphatic heterocycles. The van der Waals surface area contributed by atoms with Gasteiger partial charge in [-0.25, -0.2) is 4.79 Å². The van der Waals surface area contributed by atoms with Crippen molar-refractivity contribution in [1.82, 2.24) is 5.16 Å². The van der Waals surface area contributed by atoms with Gasteiger partial charge in [0.25, 0.3) is 0 Å². The van der Waals surface area contributed by atoms with Crippen LogP contribution in [-0.2, 0) is 6.42 Å². The summed E-state index contributed by atoms with van der Waals surface area (Å²) in [4.78, 5) is 11.1. The van der Waals surface area contributed by atoms with E-state index in [9.17, 15) is 4.79 Å². The van der Waals surface area contributed by atoms with Gasteiger partial charge in [-0.05, 0) is 12.6 Å². The third kappa shape index (κ3) is 1.31. The molecule has 0 radical (unpaired) electrons. The van der Waals surface area contributed by atoms with Crippen molar-refractivity contribution < 1.29 is 18.8 Å². The molecule has 2 aromatic rings. The summed E-state index contributed by atoms with van der Waals surface area (Å²) in [7, 11) is 0. The van der Waals surface area contributed by atoms with Crippen molar-refractivity contribution in [1.29, 1.82) is 0 Å². The lowest BCUT2D eigenvalue weighted by atomic mass is 9.85. The highest BCUT2D eigenvalue weighted by Crippen LogP contribution is 2.41. The minimum atomic E-state index is -1.10. The smallest absolute Gasteiger partial charge is 0.358 e. The third-order valence-corrected chi connectivity index (χ3v) is 3.05. The van der Waals surface area contributed by atoms with E-state index in [2.05, 4.69) is 5.16 Å². The molecule has 2 aromatic heterocycles. The standard InChI is InChI=1S/C11H10N2O4/c12-4-5-3-7-6(1-2-16-7)10-8(5)9(11(14)15)13-17-10/h1-2,5H,3-4,12H2,(H,14,15). The van der Waals surface area contributed by atoms with E-state index in [-0.39, 0.29) is 11.6 Å². The molecule has 0 spiro atoms. The molecule has 1 aliphatic carbocycles. The van der Waals surface area contributed by atoms with E-state index < -0.39 is 5.97 Å². The van der Waals surface area contributed by atoms with Crippen LogP contribution in [0.3, 0.4) is 0 Å². The van der Waals surface area contributed by atoms with Crippen LogP contribution in [-0.4, -0.2) is 22.8 Å². The largest absolute Gasteiger partial charge is 0.476 e. The molecule has 0 aromatic carbocycles. The Morgan fingerprint density at radius 1 is 1.65 bits per heavy atom. The minimum absolute atomic E-state index is 0.0534. The van der Waals surface area contributed by atoms with Gasteiger partial charge in [-0.3, -0.25) is 0 Å². The van der Waals surface area contributed by atoms with E-state index in [0.29, 0.717) is 24.3 Å². The number of hydrogen-bond donors (Lipinski definition) is 2. The second kappa shape index (κ2) is 3.46. The average Bonchev–Trinajstić information content (AvgIpc) is 2.93. The van der Waals surface area contributed by atoms with Crippen molar-refractivity contribution in [2.24, 2.45) is 5.73 Å². The second-order valence-corrected chi connectivity index (χ2v) is 3.97. The highest BCUT2D eigenvalue weighted by Gasteiger charge is 2.35. The number of nitrogens with two attached hydrogens (primary N) is 1. The van der Waals surface area contributed by atoms with Crippen LogP contribution in [0.4, 0.5) is 0 Å². The Morgan fingerprint density at radius 2 is 2.47 bits per heavy atom.